The lowest BCUT2D eigenvalue weighted by Crippen LogP contribution is -2.33. The van der Waals surface area contributed by atoms with Crippen LogP contribution in [0.25, 0.3) is 0 Å². The van der Waals surface area contributed by atoms with Crippen LogP contribution in [0.4, 0.5) is 0 Å². The van der Waals surface area contributed by atoms with Crippen molar-refractivity contribution in [3.63, 3.8) is 0 Å². The minimum Gasteiger partial charge on any atom is -0.334 e. The first-order valence-corrected chi connectivity index (χ1v) is 7.83. The van der Waals surface area contributed by atoms with Crippen molar-refractivity contribution in [1.29, 1.82) is 5.26 Å². The summed E-state index contributed by atoms with van der Waals surface area (Å²) in [6.07, 6.45) is 3.74. The number of hydrogen-bond acceptors (Lipinski definition) is 4. The first kappa shape index (κ1) is 15.7. The molecule has 1 aromatic heterocycles. The zero-order valence-corrected chi connectivity index (χ0v) is 12.3. The van der Waals surface area contributed by atoms with E-state index in [1.165, 1.54) is 0 Å². The monoisotopic (exact) mass is 284 g/mol. The van der Waals surface area contributed by atoms with E-state index >= 15 is 0 Å². The van der Waals surface area contributed by atoms with Crippen LogP contribution in [0.1, 0.15) is 33.0 Å². The van der Waals surface area contributed by atoms with Crippen LogP contribution in [0.5, 0.6) is 0 Å². The van der Waals surface area contributed by atoms with Crippen molar-refractivity contribution in [1.82, 2.24) is 14.3 Å². The summed E-state index contributed by atoms with van der Waals surface area (Å²) in [5.74, 6) is 1.11. The minimum atomic E-state index is -3.61. The van der Waals surface area contributed by atoms with Crippen LogP contribution in [0.15, 0.2) is 12.4 Å². The SMILES string of the molecule is CC[C@@H](C#N)S(=O)(=O)NCc1nccn1CC(C)C. The maximum absolute atomic E-state index is 11.9. The summed E-state index contributed by atoms with van der Waals surface area (Å²) in [6.45, 7) is 6.73. The molecule has 1 heterocycles. The number of nitrogens with zero attached hydrogens (tertiary/aromatic N) is 3. The molecule has 0 aliphatic carbocycles. The normalized spacial score (nSPS) is 13.4. The number of nitriles is 1. The van der Waals surface area contributed by atoms with Gasteiger partial charge in [-0.25, -0.2) is 18.1 Å². The van der Waals surface area contributed by atoms with E-state index in [1.807, 2.05) is 10.8 Å². The topological polar surface area (TPSA) is 87.8 Å². The van der Waals surface area contributed by atoms with Gasteiger partial charge in [0.25, 0.3) is 0 Å². The summed E-state index contributed by atoms with van der Waals surface area (Å²) in [4.78, 5) is 4.14. The van der Waals surface area contributed by atoms with Crippen molar-refractivity contribution < 1.29 is 8.42 Å². The highest BCUT2D eigenvalue weighted by atomic mass is 32.2. The molecule has 0 aliphatic rings. The highest BCUT2D eigenvalue weighted by molar-refractivity contribution is 7.90. The second-order valence-corrected chi connectivity index (χ2v) is 6.73. The standard InChI is InChI=1S/C12H20N4O2S/c1-4-11(7-13)19(17,18)15-8-12-14-5-6-16(12)9-10(2)3/h5-6,10-11,15H,4,8-9H2,1-3H3/t11-/m0/s1. The minimum absolute atomic E-state index is 0.111. The van der Waals surface area contributed by atoms with Crippen LogP contribution in [0, 0.1) is 17.2 Å². The van der Waals surface area contributed by atoms with Gasteiger partial charge in [-0.2, -0.15) is 5.26 Å². The Kier molecular flexibility index (Phi) is 5.51. The van der Waals surface area contributed by atoms with Crippen LogP contribution in [-0.4, -0.2) is 23.2 Å². The molecule has 0 unspecified atom stereocenters. The molecule has 1 aromatic rings. The van der Waals surface area contributed by atoms with Crippen molar-refractivity contribution in [2.24, 2.45) is 5.92 Å². The maximum Gasteiger partial charge on any atom is 0.228 e. The van der Waals surface area contributed by atoms with E-state index in [0.717, 1.165) is 6.54 Å². The van der Waals surface area contributed by atoms with Gasteiger partial charge in [-0.3, -0.25) is 0 Å². The van der Waals surface area contributed by atoms with E-state index in [2.05, 4.69) is 23.6 Å². The molecule has 0 saturated heterocycles. The van der Waals surface area contributed by atoms with E-state index in [4.69, 9.17) is 5.26 Å². The lowest BCUT2D eigenvalue weighted by molar-refractivity contribution is 0.502. The summed E-state index contributed by atoms with van der Waals surface area (Å²) in [5.41, 5.74) is 0. The van der Waals surface area contributed by atoms with E-state index in [-0.39, 0.29) is 13.0 Å². The molecule has 0 aliphatic heterocycles. The van der Waals surface area contributed by atoms with Crippen molar-refractivity contribution in [2.75, 3.05) is 0 Å². The Bertz CT molecular complexity index is 542. The second-order valence-electron chi connectivity index (χ2n) is 4.78. The molecular formula is C12H20N4O2S. The molecule has 106 valence electrons. The van der Waals surface area contributed by atoms with Gasteiger partial charge >= 0.3 is 0 Å². The van der Waals surface area contributed by atoms with Crippen LogP contribution >= 0.6 is 0 Å². The first-order valence-electron chi connectivity index (χ1n) is 6.28. The Labute approximate surface area is 114 Å². The maximum atomic E-state index is 11.9. The fraction of sp³-hybridized carbons (Fsp3) is 0.667. The van der Waals surface area contributed by atoms with Crippen molar-refractivity contribution in [3.05, 3.63) is 18.2 Å². The molecule has 7 heteroatoms. The Morgan fingerprint density at radius 3 is 2.74 bits per heavy atom. The molecule has 1 rings (SSSR count). The third-order valence-corrected chi connectivity index (χ3v) is 4.42. The Morgan fingerprint density at radius 2 is 2.21 bits per heavy atom. The largest absolute Gasteiger partial charge is 0.334 e. The van der Waals surface area contributed by atoms with Gasteiger partial charge in [0.15, 0.2) is 5.25 Å². The predicted molar refractivity (Wildman–Crippen MR) is 72.5 cm³/mol. The van der Waals surface area contributed by atoms with Gasteiger partial charge in [0.2, 0.25) is 10.0 Å². The fourth-order valence-electron chi connectivity index (χ4n) is 1.71. The quantitative estimate of drug-likeness (QED) is 0.816. The number of sulfonamides is 1. The highest BCUT2D eigenvalue weighted by Crippen LogP contribution is 2.06. The van der Waals surface area contributed by atoms with Crippen molar-refractivity contribution in [3.8, 4) is 6.07 Å². The van der Waals surface area contributed by atoms with Gasteiger partial charge in [-0.1, -0.05) is 20.8 Å². The number of imidazole rings is 1. The Hall–Kier alpha value is -1.39. The Morgan fingerprint density at radius 1 is 1.53 bits per heavy atom. The zero-order chi connectivity index (χ0) is 14.5. The predicted octanol–water partition coefficient (Wildman–Crippen LogP) is 1.26. The van der Waals surface area contributed by atoms with Crippen LogP contribution < -0.4 is 4.72 Å². The number of hydrogen-bond donors (Lipinski definition) is 1. The van der Waals surface area contributed by atoms with Gasteiger partial charge in [0.05, 0.1) is 12.6 Å². The zero-order valence-electron chi connectivity index (χ0n) is 11.5. The van der Waals surface area contributed by atoms with Gasteiger partial charge in [-0.05, 0) is 12.3 Å². The molecule has 19 heavy (non-hydrogen) atoms. The molecule has 0 saturated carbocycles. The molecule has 6 nitrogen and oxygen atoms in total. The average molecular weight is 284 g/mol. The van der Waals surface area contributed by atoms with E-state index in [0.29, 0.717) is 11.7 Å². The lowest BCUT2D eigenvalue weighted by atomic mass is 10.2. The van der Waals surface area contributed by atoms with E-state index < -0.39 is 15.3 Å². The van der Waals surface area contributed by atoms with Crippen LogP contribution in [0.2, 0.25) is 0 Å². The van der Waals surface area contributed by atoms with Gasteiger partial charge in [-0.15, -0.1) is 0 Å². The molecule has 0 bridgehead atoms. The number of aromatic nitrogens is 2. The third-order valence-electron chi connectivity index (χ3n) is 2.68. The average Bonchev–Trinajstić information content (AvgIpc) is 2.74. The van der Waals surface area contributed by atoms with Crippen molar-refractivity contribution in [2.45, 2.75) is 45.5 Å². The fourth-order valence-corrected chi connectivity index (χ4v) is 2.82. The lowest BCUT2D eigenvalue weighted by Gasteiger charge is -2.12. The molecule has 0 aromatic carbocycles. The smallest absolute Gasteiger partial charge is 0.228 e. The molecule has 0 amide bonds. The molecule has 1 N–H and O–H groups in total. The first-order chi connectivity index (χ1) is 8.90. The Balaban J connectivity index is 2.72. The molecular weight excluding hydrogens is 264 g/mol. The molecule has 0 spiro atoms. The summed E-state index contributed by atoms with van der Waals surface area (Å²) in [7, 11) is -3.61. The third kappa shape index (κ3) is 4.33. The summed E-state index contributed by atoms with van der Waals surface area (Å²) >= 11 is 0. The second kappa shape index (κ2) is 6.68. The van der Waals surface area contributed by atoms with Crippen LogP contribution in [-0.2, 0) is 23.1 Å². The molecule has 1 atom stereocenters. The molecule has 0 radical (unpaired) electrons. The summed E-state index contributed by atoms with van der Waals surface area (Å²) < 4.78 is 28.1. The van der Waals surface area contributed by atoms with Crippen molar-refractivity contribution >= 4 is 10.0 Å². The number of nitrogens with one attached hydrogen (secondary N) is 1. The van der Waals surface area contributed by atoms with Crippen LogP contribution in [0.3, 0.4) is 0 Å². The molecule has 0 fully saturated rings. The van der Waals surface area contributed by atoms with E-state index in [1.54, 1.807) is 19.2 Å². The van der Waals surface area contributed by atoms with Gasteiger partial charge in [0, 0.05) is 18.9 Å². The van der Waals surface area contributed by atoms with Gasteiger partial charge < -0.3 is 4.57 Å². The summed E-state index contributed by atoms with van der Waals surface area (Å²) in [6, 6.07) is 1.79. The van der Waals surface area contributed by atoms with Gasteiger partial charge in [0.1, 0.15) is 5.82 Å². The summed E-state index contributed by atoms with van der Waals surface area (Å²) in [5, 5.41) is 7.79. The highest BCUT2D eigenvalue weighted by Gasteiger charge is 2.23. The van der Waals surface area contributed by atoms with E-state index in [9.17, 15) is 8.42 Å². The number of rotatable bonds is 7.